The lowest BCUT2D eigenvalue weighted by atomic mass is 9.95. The van der Waals surface area contributed by atoms with Crippen molar-refractivity contribution in [1.82, 2.24) is 0 Å². The van der Waals surface area contributed by atoms with Crippen LogP contribution in [0, 0.1) is 5.82 Å². The average Bonchev–Trinajstić information content (AvgIpc) is 1.98. The van der Waals surface area contributed by atoms with Crippen LogP contribution >= 0.6 is 0 Å². The van der Waals surface area contributed by atoms with Gasteiger partial charge in [-0.2, -0.15) is 0 Å². The van der Waals surface area contributed by atoms with E-state index in [4.69, 9.17) is 12.6 Å². The Kier molecular flexibility index (Phi) is 2.52. The van der Waals surface area contributed by atoms with Crippen LogP contribution in [0.4, 0.5) is 4.39 Å². The van der Waals surface area contributed by atoms with Crippen LogP contribution in [-0.4, -0.2) is 14.5 Å². The Bertz CT molecular complexity index is 250. The van der Waals surface area contributed by atoms with Crippen LogP contribution in [0.2, 0.25) is 0 Å². The van der Waals surface area contributed by atoms with Gasteiger partial charge in [0.2, 0.25) is 0 Å². The second kappa shape index (κ2) is 3.42. The standard InChI is InChI=1S/C8H8BFO/c1-2-11-8-5-6(10)3-4-7(8)9/h3-5H,2H2,1H3. The summed E-state index contributed by atoms with van der Waals surface area (Å²) >= 11 is 0. The molecule has 0 saturated carbocycles. The van der Waals surface area contributed by atoms with E-state index < -0.39 is 0 Å². The fraction of sp³-hybridized carbons (Fsp3) is 0.250. The van der Waals surface area contributed by atoms with E-state index in [0.29, 0.717) is 17.8 Å². The van der Waals surface area contributed by atoms with Crippen LogP contribution < -0.4 is 10.2 Å². The summed E-state index contributed by atoms with van der Waals surface area (Å²) in [7, 11) is 5.48. The summed E-state index contributed by atoms with van der Waals surface area (Å²) in [6, 6.07) is 4.07. The maximum absolute atomic E-state index is 12.5. The van der Waals surface area contributed by atoms with Crippen LogP contribution in [0.5, 0.6) is 5.75 Å². The number of rotatable bonds is 2. The van der Waals surface area contributed by atoms with Gasteiger partial charge in [-0.1, -0.05) is 11.5 Å². The topological polar surface area (TPSA) is 9.23 Å². The minimum atomic E-state index is -0.331. The highest BCUT2D eigenvalue weighted by Crippen LogP contribution is 2.07. The average molecular weight is 150 g/mol. The van der Waals surface area contributed by atoms with Gasteiger partial charge in [0.1, 0.15) is 19.4 Å². The molecule has 3 heteroatoms. The molecule has 0 saturated heterocycles. The van der Waals surface area contributed by atoms with E-state index in [1.54, 1.807) is 0 Å². The van der Waals surface area contributed by atoms with Crippen molar-refractivity contribution in [2.45, 2.75) is 6.92 Å². The Balaban J connectivity index is 2.93. The van der Waals surface area contributed by atoms with E-state index in [0.717, 1.165) is 0 Å². The number of benzene rings is 1. The molecule has 11 heavy (non-hydrogen) atoms. The Hall–Kier alpha value is -0.985. The van der Waals surface area contributed by atoms with Crippen LogP contribution in [0.15, 0.2) is 18.2 Å². The lowest BCUT2D eigenvalue weighted by molar-refractivity contribution is 0.341. The molecule has 1 nitrogen and oxygen atoms in total. The van der Waals surface area contributed by atoms with Gasteiger partial charge in [-0.25, -0.2) is 4.39 Å². The molecular formula is C8H8BFO. The third kappa shape index (κ3) is 1.97. The summed E-state index contributed by atoms with van der Waals surface area (Å²) < 4.78 is 17.6. The van der Waals surface area contributed by atoms with Gasteiger partial charge in [-0.15, -0.1) is 0 Å². The summed E-state index contributed by atoms with van der Waals surface area (Å²) in [6.45, 7) is 2.32. The smallest absolute Gasteiger partial charge is 0.126 e. The Morgan fingerprint density at radius 1 is 1.55 bits per heavy atom. The minimum absolute atomic E-state index is 0.331. The largest absolute Gasteiger partial charge is 0.494 e. The summed E-state index contributed by atoms with van der Waals surface area (Å²) in [5, 5.41) is 0. The maximum atomic E-state index is 12.5. The molecule has 1 aromatic carbocycles. The number of hydrogen-bond donors (Lipinski definition) is 0. The molecule has 0 amide bonds. The van der Waals surface area contributed by atoms with Crippen LogP contribution in [0.1, 0.15) is 6.92 Å². The van der Waals surface area contributed by atoms with Crippen LogP contribution in [0.25, 0.3) is 0 Å². The zero-order chi connectivity index (χ0) is 8.27. The summed E-state index contributed by atoms with van der Waals surface area (Å²) in [4.78, 5) is 0. The molecule has 0 N–H and O–H groups in total. The number of ether oxygens (including phenoxy) is 1. The third-order valence-corrected chi connectivity index (χ3v) is 1.28. The molecule has 1 aromatic rings. The summed E-state index contributed by atoms with van der Waals surface area (Å²) in [5.41, 5.74) is 0.466. The van der Waals surface area contributed by atoms with Gasteiger partial charge in [-0.3, -0.25) is 0 Å². The van der Waals surface area contributed by atoms with E-state index in [2.05, 4.69) is 0 Å². The van der Waals surface area contributed by atoms with Crippen molar-refractivity contribution in [3.63, 3.8) is 0 Å². The molecule has 0 atom stereocenters. The van der Waals surface area contributed by atoms with Crippen molar-refractivity contribution in [2.24, 2.45) is 0 Å². The van der Waals surface area contributed by atoms with E-state index in [1.165, 1.54) is 18.2 Å². The van der Waals surface area contributed by atoms with E-state index >= 15 is 0 Å². The van der Waals surface area contributed by atoms with Gasteiger partial charge in [0.05, 0.1) is 6.61 Å². The van der Waals surface area contributed by atoms with E-state index in [1.807, 2.05) is 6.92 Å². The monoisotopic (exact) mass is 150 g/mol. The molecule has 0 bridgehead atoms. The molecule has 0 heterocycles. The molecular weight excluding hydrogens is 142 g/mol. The van der Waals surface area contributed by atoms with Crippen molar-refractivity contribution >= 4 is 13.3 Å². The molecule has 2 radical (unpaired) electrons. The molecule has 0 aliphatic carbocycles. The molecule has 0 unspecified atom stereocenters. The Labute approximate surface area is 66.6 Å². The molecule has 0 aromatic heterocycles. The fourth-order valence-corrected chi connectivity index (χ4v) is 0.789. The Morgan fingerprint density at radius 2 is 2.27 bits per heavy atom. The molecule has 1 rings (SSSR count). The fourth-order valence-electron chi connectivity index (χ4n) is 0.789. The lowest BCUT2D eigenvalue weighted by Gasteiger charge is -2.05. The van der Waals surface area contributed by atoms with Gasteiger partial charge < -0.3 is 4.74 Å². The first-order valence-corrected chi connectivity index (χ1v) is 3.42. The highest BCUT2D eigenvalue weighted by Gasteiger charge is 1.98. The first kappa shape index (κ1) is 8.11. The second-order valence-electron chi connectivity index (χ2n) is 2.12. The second-order valence-corrected chi connectivity index (χ2v) is 2.12. The van der Waals surface area contributed by atoms with Gasteiger partial charge in [-0.05, 0) is 13.0 Å². The number of hydrogen-bond acceptors (Lipinski definition) is 1. The minimum Gasteiger partial charge on any atom is -0.494 e. The zero-order valence-corrected chi connectivity index (χ0v) is 6.30. The quantitative estimate of drug-likeness (QED) is 0.571. The molecule has 0 aliphatic rings. The van der Waals surface area contributed by atoms with Gasteiger partial charge in [0.25, 0.3) is 0 Å². The van der Waals surface area contributed by atoms with Gasteiger partial charge in [0, 0.05) is 6.07 Å². The Morgan fingerprint density at radius 3 is 2.91 bits per heavy atom. The highest BCUT2D eigenvalue weighted by atomic mass is 19.1. The summed E-state index contributed by atoms with van der Waals surface area (Å²) in [6.07, 6.45) is 0. The molecule has 0 fully saturated rings. The van der Waals surface area contributed by atoms with E-state index in [-0.39, 0.29) is 5.82 Å². The maximum Gasteiger partial charge on any atom is 0.126 e. The van der Waals surface area contributed by atoms with Crippen molar-refractivity contribution in [3.05, 3.63) is 24.0 Å². The normalized spacial score (nSPS) is 9.64. The summed E-state index contributed by atoms with van der Waals surface area (Å²) in [5.74, 6) is 0.0788. The third-order valence-electron chi connectivity index (χ3n) is 1.28. The zero-order valence-electron chi connectivity index (χ0n) is 6.30. The van der Waals surface area contributed by atoms with Gasteiger partial charge >= 0.3 is 0 Å². The first-order chi connectivity index (χ1) is 5.24. The molecule has 0 aliphatic heterocycles. The highest BCUT2D eigenvalue weighted by molar-refractivity contribution is 6.34. The van der Waals surface area contributed by atoms with Crippen molar-refractivity contribution in [2.75, 3.05) is 6.61 Å². The number of halogens is 1. The van der Waals surface area contributed by atoms with E-state index in [9.17, 15) is 4.39 Å². The molecule has 56 valence electrons. The SMILES string of the molecule is [B]c1ccc(F)cc1OCC. The van der Waals surface area contributed by atoms with Crippen LogP contribution in [-0.2, 0) is 0 Å². The van der Waals surface area contributed by atoms with Crippen molar-refractivity contribution < 1.29 is 9.13 Å². The molecule has 0 spiro atoms. The van der Waals surface area contributed by atoms with Gasteiger partial charge in [0.15, 0.2) is 0 Å². The van der Waals surface area contributed by atoms with Crippen molar-refractivity contribution in [1.29, 1.82) is 0 Å². The predicted molar refractivity (Wildman–Crippen MR) is 43.0 cm³/mol. The predicted octanol–water partition coefficient (Wildman–Crippen LogP) is 1.02. The first-order valence-electron chi connectivity index (χ1n) is 3.42. The van der Waals surface area contributed by atoms with Crippen LogP contribution in [0.3, 0.4) is 0 Å². The van der Waals surface area contributed by atoms with Crippen molar-refractivity contribution in [3.8, 4) is 5.75 Å². The lowest BCUT2D eigenvalue weighted by Crippen LogP contribution is -2.08.